The molecule has 2 heterocycles. The van der Waals surface area contributed by atoms with Crippen LogP contribution in [0.2, 0.25) is 0 Å². The van der Waals surface area contributed by atoms with Crippen molar-refractivity contribution in [3.05, 3.63) is 90.4 Å². The average Bonchev–Trinajstić information content (AvgIpc) is 3.34. The van der Waals surface area contributed by atoms with Crippen molar-refractivity contribution < 1.29 is 19.1 Å². The van der Waals surface area contributed by atoms with Gasteiger partial charge in [-0.05, 0) is 54.1 Å². The molecule has 0 atom stereocenters. The highest BCUT2D eigenvalue weighted by atomic mass is 16.5. The van der Waals surface area contributed by atoms with Crippen molar-refractivity contribution in [1.82, 2.24) is 19.7 Å². The Bertz CT molecular complexity index is 1530. The molecule has 0 aliphatic heterocycles. The molecule has 0 saturated heterocycles. The molecule has 4 amide bonds. The van der Waals surface area contributed by atoms with Crippen LogP contribution in [0.4, 0.5) is 16.3 Å². The summed E-state index contributed by atoms with van der Waals surface area (Å²) in [6.45, 7) is 7.50. The number of hydrogen-bond acceptors (Lipinski definition) is 6. The van der Waals surface area contributed by atoms with Gasteiger partial charge in [0.2, 0.25) is 11.8 Å². The van der Waals surface area contributed by atoms with E-state index in [0.717, 1.165) is 11.3 Å². The summed E-state index contributed by atoms with van der Waals surface area (Å²) in [7, 11) is 0. The number of aromatic nitrogens is 3. The summed E-state index contributed by atoms with van der Waals surface area (Å²) in [6, 6.07) is 19.2. The lowest BCUT2D eigenvalue weighted by Crippen LogP contribution is -2.36. The lowest BCUT2D eigenvalue weighted by molar-refractivity contribution is -0.133. The third-order valence-corrected chi connectivity index (χ3v) is 6.04. The monoisotopic (exact) mass is 555 g/mol. The minimum Gasteiger partial charge on any atom is -0.457 e. The SMILES string of the molecule is CC(=O)N(CC(N)=O)Cc1cccc(-n2nc(C(C)(C)C)cc2NC(=O)Nc2ccc(Oc3ccncc3)cc2)c1. The number of hydrogen-bond donors (Lipinski definition) is 3. The van der Waals surface area contributed by atoms with E-state index in [-0.39, 0.29) is 24.4 Å². The number of amides is 4. The van der Waals surface area contributed by atoms with Gasteiger partial charge < -0.3 is 20.7 Å². The van der Waals surface area contributed by atoms with E-state index in [4.69, 9.17) is 15.6 Å². The summed E-state index contributed by atoms with van der Waals surface area (Å²) in [5, 5.41) is 10.5. The molecule has 11 nitrogen and oxygen atoms in total. The summed E-state index contributed by atoms with van der Waals surface area (Å²) < 4.78 is 7.41. The molecule has 0 saturated carbocycles. The van der Waals surface area contributed by atoms with Crippen LogP contribution in [0, 0.1) is 0 Å². The molecule has 4 aromatic rings. The second-order valence-corrected chi connectivity index (χ2v) is 10.5. The molecule has 0 bridgehead atoms. The lowest BCUT2D eigenvalue weighted by Gasteiger charge is -2.20. The molecule has 212 valence electrons. The predicted octanol–water partition coefficient (Wildman–Crippen LogP) is 4.83. The number of ether oxygens (including phenoxy) is 1. The summed E-state index contributed by atoms with van der Waals surface area (Å²) in [6.07, 6.45) is 3.29. The van der Waals surface area contributed by atoms with Gasteiger partial charge in [0.05, 0.1) is 17.9 Å². The molecule has 0 radical (unpaired) electrons. The molecule has 41 heavy (non-hydrogen) atoms. The van der Waals surface area contributed by atoms with Crippen LogP contribution < -0.4 is 21.1 Å². The van der Waals surface area contributed by atoms with E-state index in [0.29, 0.717) is 28.7 Å². The van der Waals surface area contributed by atoms with Crippen LogP contribution in [0.25, 0.3) is 5.69 Å². The standard InChI is InChI=1S/C30H33N7O4/c1-20(38)36(19-27(31)39)18-21-6-5-7-23(16-21)37-28(17-26(35-37)30(2,3)4)34-29(40)33-22-8-10-24(11-9-22)41-25-12-14-32-15-13-25/h5-17H,18-19H2,1-4H3,(H2,31,39)(H2,33,34,40). The fourth-order valence-corrected chi connectivity index (χ4v) is 3.93. The summed E-state index contributed by atoms with van der Waals surface area (Å²) in [4.78, 5) is 41.8. The van der Waals surface area contributed by atoms with Crippen LogP contribution in [0.5, 0.6) is 11.5 Å². The van der Waals surface area contributed by atoms with Crippen molar-refractivity contribution in [2.24, 2.45) is 5.73 Å². The first-order chi connectivity index (χ1) is 19.5. The van der Waals surface area contributed by atoms with Gasteiger partial charge in [0.15, 0.2) is 0 Å². The zero-order chi connectivity index (χ0) is 29.6. The summed E-state index contributed by atoms with van der Waals surface area (Å²) in [5.41, 5.74) is 7.82. The van der Waals surface area contributed by atoms with Gasteiger partial charge in [-0.25, -0.2) is 9.48 Å². The fraction of sp³-hybridized carbons (Fsp3) is 0.233. The highest BCUT2D eigenvalue weighted by Gasteiger charge is 2.22. The number of benzene rings is 2. The average molecular weight is 556 g/mol. The Morgan fingerprint density at radius 3 is 2.27 bits per heavy atom. The van der Waals surface area contributed by atoms with E-state index in [1.807, 2.05) is 51.1 Å². The number of nitrogens with zero attached hydrogens (tertiary/aromatic N) is 4. The van der Waals surface area contributed by atoms with E-state index in [9.17, 15) is 14.4 Å². The Morgan fingerprint density at radius 1 is 0.951 bits per heavy atom. The molecule has 11 heteroatoms. The molecule has 2 aromatic carbocycles. The third kappa shape index (κ3) is 7.91. The molecule has 0 aliphatic rings. The number of primary amides is 1. The molecule has 2 aromatic heterocycles. The Morgan fingerprint density at radius 2 is 1.63 bits per heavy atom. The first-order valence-electron chi connectivity index (χ1n) is 13.0. The smallest absolute Gasteiger partial charge is 0.324 e. The van der Waals surface area contributed by atoms with Crippen molar-refractivity contribution in [1.29, 1.82) is 0 Å². The van der Waals surface area contributed by atoms with Crippen LogP contribution in [-0.4, -0.2) is 44.1 Å². The van der Waals surface area contributed by atoms with Gasteiger partial charge in [0.25, 0.3) is 0 Å². The van der Waals surface area contributed by atoms with Crippen molar-refractivity contribution in [3.8, 4) is 17.2 Å². The number of rotatable bonds is 9. The number of nitrogens with one attached hydrogen (secondary N) is 2. The molecular formula is C30H33N7O4. The Hall–Kier alpha value is -5.19. The van der Waals surface area contributed by atoms with Crippen molar-refractivity contribution >= 4 is 29.4 Å². The van der Waals surface area contributed by atoms with E-state index >= 15 is 0 Å². The van der Waals surface area contributed by atoms with Crippen LogP contribution in [0.3, 0.4) is 0 Å². The van der Waals surface area contributed by atoms with Crippen LogP contribution in [0.1, 0.15) is 39.0 Å². The number of urea groups is 1. The lowest BCUT2D eigenvalue weighted by atomic mass is 9.92. The van der Waals surface area contributed by atoms with Gasteiger partial charge >= 0.3 is 6.03 Å². The first kappa shape index (κ1) is 28.8. The molecule has 0 unspecified atom stereocenters. The maximum Gasteiger partial charge on any atom is 0.324 e. The fourth-order valence-electron chi connectivity index (χ4n) is 3.93. The van der Waals surface area contributed by atoms with Crippen LogP contribution in [-0.2, 0) is 21.5 Å². The van der Waals surface area contributed by atoms with Gasteiger partial charge in [0.1, 0.15) is 17.3 Å². The summed E-state index contributed by atoms with van der Waals surface area (Å²) in [5.74, 6) is 0.884. The highest BCUT2D eigenvalue weighted by Crippen LogP contribution is 2.27. The van der Waals surface area contributed by atoms with Gasteiger partial charge in [-0.15, -0.1) is 0 Å². The second-order valence-electron chi connectivity index (χ2n) is 10.5. The number of anilines is 2. The van der Waals surface area contributed by atoms with Crippen molar-refractivity contribution in [2.45, 2.75) is 39.7 Å². The van der Waals surface area contributed by atoms with Gasteiger partial charge in [0, 0.05) is 43.0 Å². The maximum absolute atomic E-state index is 13.0. The topological polar surface area (TPSA) is 144 Å². The number of carbonyl (C=O) groups excluding carboxylic acids is 3. The molecule has 0 aliphatic carbocycles. The highest BCUT2D eigenvalue weighted by molar-refractivity contribution is 5.99. The molecule has 4 rings (SSSR count). The predicted molar refractivity (Wildman–Crippen MR) is 156 cm³/mol. The molecule has 4 N–H and O–H groups in total. The van der Waals surface area contributed by atoms with Crippen LogP contribution in [0.15, 0.2) is 79.1 Å². The van der Waals surface area contributed by atoms with Crippen LogP contribution >= 0.6 is 0 Å². The van der Waals surface area contributed by atoms with Crippen molar-refractivity contribution in [3.63, 3.8) is 0 Å². The largest absolute Gasteiger partial charge is 0.457 e. The third-order valence-electron chi connectivity index (χ3n) is 6.04. The number of carbonyl (C=O) groups is 3. The van der Waals surface area contributed by atoms with Gasteiger partial charge in [-0.1, -0.05) is 32.9 Å². The van der Waals surface area contributed by atoms with Gasteiger partial charge in [-0.3, -0.25) is 19.9 Å². The minimum atomic E-state index is -0.591. The maximum atomic E-state index is 13.0. The molecule has 0 fully saturated rings. The van der Waals surface area contributed by atoms with E-state index in [1.165, 1.54) is 11.8 Å². The van der Waals surface area contributed by atoms with Gasteiger partial charge in [-0.2, -0.15) is 5.10 Å². The quantitative estimate of drug-likeness (QED) is 0.270. The summed E-state index contributed by atoms with van der Waals surface area (Å²) >= 11 is 0. The zero-order valence-electron chi connectivity index (χ0n) is 23.4. The Labute approximate surface area is 238 Å². The molecule has 0 spiro atoms. The minimum absolute atomic E-state index is 0.181. The van der Waals surface area contributed by atoms with E-state index < -0.39 is 11.9 Å². The number of pyridine rings is 1. The molecular weight excluding hydrogens is 522 g/mol. The van der Waals surface area contributed by atoms with E-state index in [2.05, 4.69) is 15.6 Å². The first-order valence-corrected chi connectivity index (χ1v) is 13.0. The zero-order valence-corrected chi connectivity index (χ0v) is 23.4. The Balaban J connectivity index is 1.52. The van der Waals surface area contributed by atoms with Crippen molar-refractivity contribution in [2.75, 3.05) is 17.2 Å². The van der Waals surface area contributed by atoms with E-state index in [1.54, 1.807) is 53.5 Å². The number of nitrogens with two attached hydrogens (primary N) is 1. The normalized spacial score (nSPS) is 11.0. The Kier molecular flexibility index (Phi) is 8.66. The second kappa shape index (κ2) is 12.3.